The van der Waals surface area contributed by atoms with Crippen LogP contribution in [0.2, 0.25) is 0 Å². The first kappa shape index (κ1) is 29.1. The Morgan fingerprint density at radius 3 is 1.66 bits per heavy atom. The predicted octanol–water partition coefficient (Wildman–Crippen LogP) is 6.29. The molecule has 0 saturated heterocycles. The van der Waals surface area contributed by atoms with Crippen molar-refractivity contribution >= 4 is 14.3 Å². The molecule has 4 aromatic rings. The zero-order valence-electron chi connectivity index (χ0n) is 22.1. The second-order valence-electron chi connectivity index (χ2n) is 8.63. The number of benzene rings is 3. The third-order valence-electron chi connectivity index (χ3n) is 6.40. The summed E-state index contributed by atoms with van der Waals surface area (Å²) < 4.78 is 16.7. The van der Waals surface area contributed by atoms with Gasteiger partial charge in [-0.15, -0.1) is 5.10 Å². The molecule has 0 bridgehead atoms. The van der Waals surface area contributed by atoms with Gasteiger partial charge in [-0.1, -0.05) is 105 Å². The number of allylic oxidation sites excluding steroid dienone is 1. The molecule has 0 radical (unpaired) electrons. The average molecular weight is 534 g/mol. The van der Waals surface area contributed by atoms with E-state index in [1.54, 1.807) is 0 Å². The van der Waals surface area contributed by atoms with Gasteiger partial charge in [-0.3, -0.25) is 4.57 Å². The van der Waals surface area contributed by atoms with E-state index in [1.165, 1.54) is 0 Å². The third kappa shape index (κ3) is 6.87. The Hall–Kier alpha value is -3.51. The highest BCUT2D eigenvalue weighted by atomic mass is 31.1. The quantitative estimate of drug-likeness (QED) is 0.141. The van der Waals surface area contributed by atoms with Crippen LogP contribution in [0.3, 0.4) is 0 Å². The number of hydrogen-bond donors (Lipinski definition) is 2. The van der Waals surface area contributed by atoms with Crippen molar-refractivity contribution in [1.29, 1.82) is 0 Å². The summed E-state index contributed by atoms with van der Waals surface area (Å²) in [5.41, 5.74) is 2.71. The SMILES string of the molecule is CCOC(=Cc1ncn(C(c2ccccc2)(c2ccccc2)c2ccccc2)n1)C(CC)CC.O=[PH](O)O. The Kier molecular flexibility index (Phi) is 11.0. The molecule has 200 valence electrons. The Labute approximate surface area is 225 Å². The molecule has 4 rings (SSSR count). The molecule has 0 aliphatic heterocycles. The summed E-state index contributed by atoms with van der Waals surface area (Å²) in [6, 6.07) is 31.6. The number of rotatable bonds is 10. The Balaban J connectivity index is 0.000000934. The van der Waals surface area contributed by atoms with Gasteiger partial charge in [0.1, 0.15) is 17.6 Å². The highest BCUT2D eigenvalue weighted by molar-refractivity contribution is 7.30. The molecule has 1 heterocycles. The van der Waals surface area contributed by atoms with E-state index >= 15 is 0 Å². The maximum atomic E-state index is 8.74. The molecular formula is C30H36N3O4P. The first-order chi connectivity index (χ1) is 18.5. The third-order valence-corrected chi connectivity index (χ3v) is 6.40. The molecule has 0 fully saturated rings. The van der Waals surface area contributed by atoms with Crippen LogP contribution in [0.5, 0.6) is 0 Å². The van der Waals surface area contributed by atoms with E-state index < -0.39 is 13.8 Å². The van der Waals surface area contributed by atoms with Crippen LogP contribution < -0.4 is 0 Å². The van der Waals surface area contributed by atoms with Crippen molar-refractivity contribution in [3.8, 4) is 0 Å². The van der Waals surface area contributed by atoms with E-state index in [0.29, 0.717) is 18.3 Å². The van der Waals surface area contributed by atoms with E-state index in [0.717, 1.165) is 35.3 Å². The molecule has 0 amide bonds. The standard InChI is InChI=1S/C30H33N3O.H3O3P/c1-4-24(5-2)28(34-6-3)22-29-31-23-33(32-29)30(25-16-10-7-11-17-25,26-18-12-8-13-19-26)27-20-14-9-15-21-27;1-4(2)3/h7-24H,4-6H2,1-3H3;4H,(H2,1,2,3). The first-order valence-electron chi connectivity index (χ1n) is 12.8. The van der Waals surface area contributed by atoms with Gasteiger partial charge >= 0.3 is 8.25 Å². The molecule has 0 saturated carbocycles. The molecule has 7 nitrogen and oxygen atoms in total. The van der Waals surface area contributed by atoms with Gasteiger partial charge < -0.3 is 14.5 Å². The van der Waals surface area contributed by atoms with Crippen LogP contribution in [0.1, 0.15) is 56.1 Å². The molecule has 0 aliphatic rings. The topological polar surface area (TPSA) is 97.5 Å². The van der Waals surface area contributed by atoms with E-state index in [4.69, 9.17) is 29.2 Å². The molecular weight excluding hydrogens is 497 g/mol. The lowest BCUT2D eigenvalue weighted by Crippen LogP contribution is -2.38. The zero-order valence-corrected chi connectivity index (χ0v) is 23.1. The fraction of sp³-hybridized carbons (Fsp3) is 0.267. The maximum Gasteiger partial charge on any atom is 0.314 e. The molecule has 0 unspecified atom stereocenters. The van der Waals surface area contributed by atoms with E-state index in [9.17, 15) is 0 Å². The molecule has 38 heavy (non-hydrogen) atoms. The van der Waals surface area contributed by atoms with Gasteiger partial charge in [0.15, 0.2) is 5.82 Å². The van der Waals surface area contributed by atoms with Crippen molar-refractivity contribution in [2.75, 3.05) is 6.61 Å². The Morgan fingerprint density at radius 2 is 1.29 bits per heavy atom. The van der Waals surface area contributed by atoms with Gasteiger partial charge in [-0.05, 0) is 36.5 Å². The Morgan fingerprint density at radius 1 is 0.868 bits per heavy atom. The van der Waals surface area contributed by atoms with Gasteiger partial charge in [0, 0.05) is 12.0 Å². The predicted molar refractivity (Wildman–Crippen MR) is 152 cm³/mol. The molecule has 2 N–H and O–H groups in total. The second-order valence-corrected chi connectivity index (χ2v) is 9.20. The van der Waals surface area contributed by atoms with Crippen LogP contribution in [0.4, 0.5) is 0 Å². The van der Waals surface area contributed by atoms with Gasteiger partial charge in [0.05, 0.1) is 6.61 Å². The normalized spacial score (nSPS) is 11.8. The smallest absolute Gasteiger partial charge is 0.314 e. The molecule has 0 spiro atoms. The fourth-order valence-corrected chi connectivity index (χ4v) is 4.70. The number of nitrogens with zero attached hydrogens (tertiary/aromatic N) is 3. The zero-order chi connectivity index (χ0) is 27.4. The fourth-order valence-electron chi connectivity index (χ4n) is 4.70. The summed E-state index contributed by atoms with van der Waals surface area (Å²) in [5.74, 6) is 1.96. The van der Waals surface area contributed by atoms with Crippen molar-refractivity contribution in [3.05, 3.63) is 126 Å². The van der Waals surface area contributed by atoms with Crippen molar-refractivity contribution < 1.29 is 19.1 Å². The van der Waals surface area contributed by atoms with Gasteiger partial charge in [-0.25, -0.2) is 9.67 Å². The van der Waals surface area contributed by atoms with Crippen LogP contribution in [0, 0.1) is 5.92 Å². The molecule has 0 atom stereocenters. The van der Waals surface area contributed by atoms with Gasteiger partial charge in [-0.2, -0.15) is 0 Å². The minimum Gasteiger partial charge on any atom is -0.498 e. The summed E-state index contributed by atoms with van der Waals surface area (Å²) in [5, 5.41) is 5.03. The van der Waals surface area contributed by atoms with E-state index in [2.05, 4.69) is 86.6 Å². The summed E-state index contributed by atoms with van der Waals surface area (Å²) in [4.78, 5) is 19.0. The Bertz CT molecular complexity index is 1190. The van der Waals surface area contributed by atoms with Crippen molar-refractivity contribution in [2.45, 2.75) is 39.2 Å². The van der Waals surface area contributed by atoms with Crippen molar-refractivity contribution in [3.63, 3.8) is 0 Å². The van der Waals surface area contributed by atoms with Crippen LogP contribution in [-0.4, -0.2) is 31.2 Å². The van der Waals surface area contributed by atoms with Crippen molar-refractivity contribution in [2.24, 2.45) is 5.92 Å². The minimum absolute atomic E-state index is 0.356. The van der Waals surface area contributed by atoms with E-state index in [1.807, 2.05) is 42.2 Å². The van der Waals surface area contributed by atoms with Crippen LogP contribution in [0.15, 0.2) is 103 Å². The summed E-state index contributed by atoms with van der Waals surface area (Å²) in [6.45, 7) is 7.04. The molecule has 8 heteroatoms. The first-order valence-corrected chi connectivity index (χ1v) is 14.1. The number of ether oxygens (including phenoxy) is 1. The molecule has 3 aromatic carbocycles. The highest BCUT2D eigenvalue weighted by Crippen LogP contribution is 2.40. The second kappa shape index (κ2) is 14.4. The molecule has 1 aromatic heterocycles. The summed E-state index contributed by atoms with van der Waals surface area (Å²) >= 11 is 0. The minimum atomic E-state index is -3.13. The lowest BCUT2D eigenvalue weighted by atomic mass is 9.77. The van der Waals surface area contributed by atoms with Crippen LogP contribution in [0.25, 0.3) is 6.08 Å². The number of hydrogen-bond acceptors (Lipinski definition) is 4. The lowest BCUT2D eigenvalue weighted by molar-refractivity contribution is 0.190. The highest BCUT2D eigenvalue weighted by Gasteiger charge is 2.39. The lowest BCUT2D eigenvalue weighted by Gasteiger charge is -2.35. The number of aromatic nitrogens is 3. The average Bonchev–Trinajstić information content (AvgIpc) is 3.40. The largest absolute Gasteiger partial charge is 0.498 e. The van der Waals surface area contributed by atoms with E-state index in [-0.39, 0.29) is 0 Å². The van der Waals surface area contributed by atoms with Crippen LogP contribution >= 0.6 is 8.25 Å². The van der Waals surface area contributed by atoms with Gasteiger partial charge in [0.2, 0.25) is 0 Å². The van der Waals surface area contributed by atoms with Crippen molar-refractivity contribution in [1.82, 2.24) is 14.8 Å². The monoisotopic (exact) mass is 533 g/mol. The summed E-state index contributed by atoms with van der Waals surface area (Å²) in [6.07, 6.45) is 5.88. The molecule has 0 aliphatic carbocycles. The van der Waals surface area contributed by atoms with Gasteiger partial charge in [0.25, 0.3) is 0 Å². The summed E-state index contributed by atoms with van der Waals surface area (Å²) in [7, 11) is -3.13. The maximum absolute atomic E-state index is 8.74. The van der Waals surface area contributed by atoms with Crippen LogP contribution in [-0.2, 0) is 14.8 Å².